The van der Waals surface area contributed by atoms with Crippen molar-refractivity contribution in [3.63, 3.8) is 0 Å². The Morgan fingerprint density at radius 3 is 2.62 bits per heavy atom. The number of halogens is 3. The van der Waals surface area contributed by atoms with Crippen LogP contribution < -0.4 is 10.5 Å². The first-order chi connectivity index (χ1) is 9.93. The fraction of sp³-hybridized carbons (Fsp3) is 0.0714. The van der Waals surface area contributed by atoms with Crippen LogP contribution in [0.2, 0.25) is 0 Å². The van der Waals surface area contributed by atoms with Crippen LogP contribution in [0.3, 0.4) is 0 Å². The maximum absolute atomic E-state index is 14.2. The topological polar surface area (TPSA) is 67.8 Å². The average Bonchev–Trinajstić information content (AvgIpc) is 2.47. The molecule has 110 valence electrons. The molecule has 0 aromatic heterocycles. The Kier molecular flexibility index (Phi) is 4.42. The average molecular weight is 357 g/mol. The Morgan fingerprint density at radius 1 is 1.24 bits per heavy atom. The summed E-state index contributed by atoms with van der Waals surface area (Å²) in [7, 11) is 0. The second-order valence-corrected chi connectivity index (χ2v) is 5.03. The van der Waals surface area contributed by atoms with Crippen molar-refractivity contribution in [3.05, 3.63) is 57.6 Å². The zero-order valence-electron chi connectivity index (χ0n) is 10.9. The second-order valence-electron chi connectivity index (χ2n) is 4.24. The van der Waals surface area contributed by atoms with Crippen molar-refractivity contribution in [1.82, 2.24) is 0 Å². The standard InChI is InChI=1S/C14H11BrF2N2O2/c1-7-2-3-8(16)6-11(7)21-10-5-4-9(14(18)19-20)12(15)13(10)17/h2-6,20H,1H3,(H2,18,19). The molecule has 0 radical (unpaired) electrons. The molecule has 0 spiro atoms. The lowest BCUT2D eigenvalue weighted by Gasteiger charge is -2.12. The minimum atomic E-state index is -0.734. The number of rotatable bonds is 3. The van der Waals surface area contributed by atoms with Crippen LogP contribution in [0.1, 0.15) is 11.1 Å². The molecule has 4 nitrogen and oxygen atoms in total. The van der Waals surface area contributed by atoms with Crippen molar-refractivity contribution in [2.75, 3.05) is 0 Å². The fourth-order valence-corrected chi connectivity index (χ4v) is 2.20. The molecule has 0 atom stereocenters. The summed E-state index contributed by atoms with van der Waals surface area (Å²) in [6, 6.07) is 6.72. The van der Waals surface area contributed by atoms with Crippen molar-refractivity contribution in [2.45, 2.75) is 6.92 Å². The predicted molar refractivity (Wildman–Crippen MR) is 77.8 cm³/mol. The van der Waals surface area contributed by atoms with Gasteiger partial charge < -0.3 is 15.7 Å². The van der Waals surface area contributed by atoms with Crippen LogP contribution in [0.25, 0.3) is 0 Å². The van der Waals surface area contributed by atoms with E-state index in [-0.39, 0.29) is 27.4 Å². The molecule has 3 N–H and O–H groups in total. The molecule has 0 heterocycles. The molecule has 2 rings (SSSR count). The van der Waals surface area contributed by atoms with Crippen LogP contribution in [0.5, 0.6) is 11.5 Å². The molecule has 2 aromatic rings. The summed E-state index contributed by atoms with van der Waals surface area (Å²) in [5.41, 5.74) is 6.26. The minimum absolute atomic E-state index is 0.00986. The molecule has 0 aliphatic heterocycles. The molecule has 0 aliphatic carbocycles. The van der Waals surface area contributed by atoms with Gasteiger partial charge in [-0.3, -0.25) is 0 Å². The summed E-state index contributed by atoms with van der Waals surface area (Å²) in [5, 5.41) is 11.4. The molecule has 0 bridgehead atoms. The van der Waals surface area contributed by atoms with Gasteiger partial charge in [0, 0.05) is 11.6 Å². The Balaban J connectivity index is 2.42. The smallest absolute Gasteiger partial charge is 0.180 e. The number of benzene rings is 2. The molecule has 0 fully saturated rings. The van der Waals surface area contributed by atoms with E-state index in [1.54, 1.807) is 6.92 Å². The van der Waals surface area contributed by atoms with Crippen LogP contribution in [0.4, 0.5) is 8.78 Å². The van der Waals surface area contributed by atoms with Crippen LogP contribution in [-0.4, -0.2) is 11.0 Å². The highest BCUT2D eigenvalue weighted by Gasteiger charge is 2.16. The molecule has 0 unspecified atom stereocenters. The molecule has 0 saturated heterocycles. The number of hydrogen-bond acceptors (Lipinski definition) is 3. The highest BCUT2D eigenvalue weighted by atomic mass is 79.9. The summed E-state index contributed by atoms with van der Waals surface area (Å²) in [6.45, 7) is 1.71. The van der Waals surface area contributed by atoms with E-state index in [1.165, 1.54) is 30.3 Å². The van der Waals surface area contributed by atoms with Crippen LogP contribution in [0.15, 0.2) is 40.0 Å². The number of nitrogens with zero attached hydrogens (tertiary/aromatic N) is 1. The lowest BCUT2D eigenvalue weighted by atomic mass is 10.2. The third-order valence-corrected chi connectivity index (χ3v) is 3.58. The van der Waals surface area contributed by atoms with Crippen molar-refractivity contribution in [2.24, 2.45) is 10.9 Å². The Bertz CT molecular complexity index is 720. The van der Waals surface area contributed by atoms with E-state index < -0.39 is 11.6 Å². The summed E-state index contributed by atoms with van der Waals surface area (Å²) in [4.78, 5) is 0. The summed E-state index contributed by atoms with van der Waals surface area (Å²) in [5.74, 6) is -1.36. The monoisotopic (exact) mass is 356 g/mol. The SMILES string of the molecule is Cc1ccc(F)cc1Oc1ccc(/C(N)=N/O)c(Br)c1F. The third-order valence-electron chi connectivity index (χ3n) is 2.80. The van der Waals surface area contributed by atoms with E-state index in [1.807, 2.05) is 0 Å². The van der Waals surface area contributed by atoms with E-state index in [0.717, 1.165) is 0 Å². The van der Waals surface area contributed by atoms with Gasteiger partial charge in [-0.1, -0.05) is 11.2 Å². The number of aryl methyl sites for hydroxylation is 1. The Hall–Kier alpha value is -2.15. The quantitative estimate of drug-likeness (QED) is 0.379. The van der Waals surface area contributed by atoms with Gasteiger partial charge in [-0.2, -0.15) is 0 Å². The van der Waals surface area contributed by atoms with E-state index in [2.05, 4.69) is 21.1 Å². The predicted octanol–water partition coefficient (Wildman–Crippen LogP) is 3.92. The maximum Gasteiger partial charge on any atom is 0.180 e. The molecule has 0 saturated carbocycles. The molecular formula is C14H11BrF2N2O2. The van der Waals surface area contributed by atoms with Crippen molar-refractivity contribution in [3.8, 4) is 11.5 Å². The van der Waals surface area contributed by atoms with Gasteiger partial charge in [0.15, 0.2) is 17.4 Å². The molecule has 7 heteroatoms. The molecule has 21 heavy (non-hydrogen) atoms. The third kappa shape index (κ3) is 3.13. The van der Waals surface area contributed by atoms with E-state index in [4.69, 9.17) is 15.7 Å². The van der Waals surface area contributed by atoms with Crippen LogP contribution >= 0.6 is 15.9 Å². The maximum atomic E-state index is 14.2. The van der Waals surface area contributed by atoms with Gasteiger partial charge in [0.05, 0.1) is 4.47 Å². The fourth-order valence-electron chi connectivity index (χ4n) is 1.66. The summed E-state index contributed by atoms with van der Waals surface area (Å²) in [6.07, 6.45) is 0. The number of ether oxygens (including phenoxy) is 1. The molecular weight excluding hydrogens is 346 g/mol. The van der Waals surface area contributed by atoms with Gasteiger partial charge >= 0.3 is 0 Å². The van der Waals surface area contributed by atoms with Crippen molar-refractivity contribution in [1.29, 1.82) is 0 Å². The zero-order valence-corrected chi connectivity index (χ0v) is 12.5. The molecule has 0 aliphatic rings. The van der Waals surface area contributed by atoms with E-state index in [9.17, 15) is 8.78 Å². The first kappa shape index (κ1) is 15.2. The number of nitrogens with two attached hydrogens (primary N) is 1. The van der Waals surface area contributed by atoms with Gasteiger partial charge in [-0.05, 0) is 46.6 Å². The summed E-state index contributed by atoms with van der Waals surface area (Å²) >= 11 is 3.02. The zero-order chi connectivity index (χ0) is 15.6. The lowest BCUT2D eigenvalue weighted by molar-refractivity contribution is 0.318. The Labute approximate surface area is 128 Å². The summed E-state index contributed by atoms with van der Waals surface area (Å²) < 4.78 is 32.8. The van der Waals surface area contributed by atoms with E-state index in [0.29, 0.717) is 5.56 Å². The normalized spacial score (nSPS) is 11.5. The number of oxime groups is 1. The van der Waals surface area contributed by atoms with Gasteiger partial charge in [0.2, 0.25) is 0 Å². The minimum Gasteiger partial charge on any atom is -0.454 e. The highest BCUT2D eigenvalue weighted by Crippen LogP contribution is 2.33. The number of hydrogen-bond donors (Lipinski definition) is 2. The van der Waals surface area contributed by atoms with Crippen LogP contribution in [0, 0.1) is 18.6 Å². The van der Waals surface area contributed by atoms with Gasteiger partial charge in [0.25, 0.3) is 0 Å². The van der Waals surface area contributed by atoms with Gasteiger partial charge in [0.1, 0.15) is 11.6 Å². The lowest BCUT2D eigenvalue weighted by Crippen LogP contribution is -2.14. The van der Waals surface area contributed by atoms with E-state index >= 15 is 0 Å². The van der Waals surface area contributed by atoms with Crippen LogP contribution in [-0.2, 0) is 0 Å². The highest BCUT2D eigenvalue weighted by molar-refractivity contribution is 9.10. The van der Waals surface area contributed by atoms with Crippen molar-refractivity contribution < 1.29 is 18.7 Å². The first-order valence-corrected chi connectivity index (χ1v) is 6.63. The van der Waals surface area contributed by atoms with Gasteiger partial charge in [-0.15, -0.1) is 0 Å². The first-order valence-electron chi connectivity index (χ1n) is 5.84. The largest absolute Gasteiger partial charge is 0.454 e. The van der Waals surface area contributed by atoms with Crippen molar-refractivity contribution >= 4 is 21.8 Å². The molecule has 2 aromatic carbocycles. The number of amidine groups is 1. The Morgan fingerprint density at radius 2 is 1.95 bits per heavy atom. The molecule has 0 amide bonds. The van der Waals surface area contributed by atoms with Gasteiger partial charge in [-0.25, -0.2) is 8.78 Å². The second kappa shape index (κ2) is 6.09.